The van der Waals surface area contributed by atoms with Crippen molar-refractivity contribution < 1.29 is 4.39 Å². The Kier molecular flexibility index (Phi) is 7.31. The van der Waals surface area contributed by atoms with Crippen molar-refractivity contribution in [3.8, 4) is 0 Å². The minimum absolute atomic E-state index is 0. The van der Waals surface area contributed by atoms with Gasteiger partial charge in [0, 0.05) is 12.7 Å². The number of aryl methyl sites for hydroxylation is 1. The third kappa shape index (κ3) is 4.90. The normalized spacial score (nSPS) is 11.3. The van der Waals surface area contributed by atoms with Crippen molar-refractivity contribution in [2.45, 2.75) is 26.9 Å². The number of hydrogen-bond donors (Lipinski definition) is 2. The molecule has 3 aromatic rings. The maximum Gasteiger partial charge on any atom is 0.191 e. The second-order valence-electron chi connectivity index (χ2n) is 5.68. The predicted molar refractivity (Wildman–Crippen MR) is 111 cm³/mol. The Hall–Kier alpha value is -2.23. The predicted octanol–water partition coefficient (Wildman–Crippen LogP) is 3.05. The lowest BCUT2D eigenvalue weighted by Gasteiger charge is -2.10. The van der Waals surface area contributed by atoms with Crippen LogP contribution in [0.1, 0.15) is 23.9 Å². The summed E-state index contributed by atoms with van der Waals surface area (Å²) in [5.74, 6) is 1.24. The molecular formula is C18H22FIN6. The van der Waals surface area contributed by atoms with Gasteiger partial charge in [0.2, 0.25) is 0 Å². The van der Waals surface area contributed by atoms with E-state index in [-0.39, 0.29) is 29.8 Å². The maximum absolute atomic E-state index is 13.6. The Labute approximate surface area is 169 Å². The topological polar surface area (TPSA) is 66.6 Å². The fourth-order valence-electron chi connectivity index (χ4n) is 2.42. The molecule has 0 atom stereocenters. The highest BCUT2D eigenvalue weighted by atomic mass is 127. The van der Waals surface area contributed by atoms with E-state index in [0.29, 0.717) is 24.6 Å². The van der Waals surface area contributed by atoms with Gasteiger partial charge in [0.05, 0.1) is 13.1 Å². The SMILES string of the molecule is CCNC(=NCc1ccc(C)c(F)c1)NCc1nnc2ccccn12.I. The smallest absolute Gasteiger partial charge is 0.191 e. The summed E-state index contributed by atoms with van der Waals surface area (Å²) in [4.78, 5) is 4.50. The van der Waals surface area contributed by atoms with Crippen molar-refractivity contribution in [1.82, 2.24) is 25.2 Å². The van der Waals surface area contributed by atoms with E-state index < -0.39 is 0 Å². The van der Waals surface area contributed by atoms with Crippen LogP contribution in [0.15, 0.2) is 47.6 Å². The second kappa shape index (κ2) is 9.46. The van der Waals surface area contributed by atoms with Crippen molar-refractivity contribution in [1.29, 1.82) is 0 Å². The van der Waals surface area contributed by atoms with Crippen LogP contribution >= 0.6 is 24.0 Å². The molecule has 26 heavy (non-hydrogen) atoms. The Balaban J connectivity index is 0.00000243. The van der Waals surface area contributed by atoms with Crippen molar-refractivity contribution in [3.05, 3.63) is 65.4 Å². The number of rotatable bonds is 5. The molecule has 2 heterocycles. The molecule has 0 saturated carbocycles. The monoisotopic (exact) mass is 468 g/mol. The van der Waals surface area contributed by atoms with Gasteiger partial charge in [0.1, 0.15) is 5.82 Å². The molecule has 1 aromatic carbocycles. The lowest BCUT2D eigenvalue weighted by molar-refractivity contribution is 0.616. The molecule has 0 aliphatic carbocycles. The molecule has 0 radical (unpaired) electrons. The van der Waals surface area contributed by atoms with Gasteiger partial charge in [-0.1, -0.05) is 18.2 Å². The van der Waals surface area contributed by atoms with Crippen LogP contribution in [0.4, 0.5) is 4.39 Å². The van der Waals surface area contributed by atoms with E-state index in [1.807, 2.05) is 41.8 Å². The quantitative estimate of drug-likeness (QED) is 0.343. The van der Waals surface area contributed by atoms with Crippen molar-refractivity contribution in [2.75, 3.05) is 6.54 Å². The summed E-state index contributed by atoms with van der Waals surface area (Å²) in [6.07, 6.45) is 1.92. The van der Waals surface area contributed by atoms with Crippen LogP contribution in [0, 0.1) is 12.7 Å². The van der Waals surface area contributed by atoms with Crippen LogP contribution in [0.2, 0.25) is 0 Å². The minimum atomic E-state index is -0.208. The average Bonchev–Trinajstić information content (AvgIpc) is 3.03. The second-order valence-corrected chi connectivity index (χ2v) is 5.68. The third-order valence-electron chi connectivity index (χ3n) is 3.80. The van der Waals surface area contributed by atoms with Crippen LogP contribution in [-0.2, 0) is 13.1 Å². The van der Waals surface area contributed by atoms with Gasteiger partial charge in [-0.25, -0.2) is 9.38 Å². The number of nitrogens with zero attached hydrogens (tertiary/aromatic N) is 4. The highest BCUT2D eigenvalue weighted by Gasteiger charge is 2.06. The van der Waals surface area contributed by atoms with Gasteiger partial charge in [0.15, 0.2) is 17.4 Å². The number of nitrogens with one attached hydrogen (secondary N) is 2. The van der Waals surface area contributed by atoms with E-state index in [2.05, 4.69) is 25.8 Å². The van der Waals surface area contributed by atoms with Crippen LogP contribution in [-0.4, -0.2) is 27.1 Å². The number of aliphatic imine (C=N–C) groups is 1. The zero-order valence-electron chi connectivity index (χ0n) is 14.7. The lowest BCUT2D eigenvalue weighted by atomic mass is 10.1. The van der Waals surface area contributed by atoms with Gasteiger partial charge in [-0.3, -0.25) is 4.40 Å². The minimum Gasteiger partial charge on any atom is -0.357 e. The molecular weight excluding hydrogens is 446 g/mol. The molecule has 0 bridgehead atoms. The molecule has 8 heteroatoms. The molecule has 2 N–H and O–H groups in total. The van der Waals surface area contributed by atoms with Gasteiger partial charge >= 0.3 is 0 Å². The molecule has 0 unspecified atom stereocenters. The van der Waals surface area contributed by atoms with Crippen LogP contribution in [0.3, 0.4) is 0 Å². The fourth-order valence-corrected chi connectivity index (χ4v) is 2.42. The van der Waals surface area contributed by atoms with Gasteiger partial charge in [-0.2, -0.15) is 0 Å². The standard InChI is InChI=1S/C18H21FN6.HI/c1-3-20-18(21-11-14-8-7-13(2)15(19)10-14)22-12-17-24-23-16-6-4-5-9-25(16)17;/h4-10H,3,11-12H2,1-2H3,(H2,20,21,22);1H. The Morgan fingerprint density at radius 1 is 1.19 bits per heavy atom. The van der Waals surface area contributed by atoms with E-state index in [4.69, 9.17) is 0 Å². The van der Waals surface area contributed by atoms with E-state index in [1.165, 1.54) is 6.07 Å². The summed E-state index contributed by atoms with van der Waals surface area (Å²) in [6, 6.07) is 10.9. The molecule has 0 spiro atoms. The van der Waals surface area contributed by atoms with Crippen molar-refractivity contribution in [3.63, 3.8) is 0 Å². The average molecular weight is 468 g/mol. The molecule has 6 nitrogen and oxygen atoms in total. The molecule has 0 saturated heterocycles. The van der Waals surface area contributed by atoms with Crippen molar-refractivity contribution >= 4 is 35.6 Å². The molecule has 0 amide bonds. The van der Waals surface area contributed by atoms with Gasteiger partial charge in [-0.05, 0) is 43.2 Å². The zero-order chi connectivity index (χ0) is 17.6. The van der Waals surface area contributed by atoms with Gasteiger partial charge < -0.3 is 10.6 Å². The van der Waals surface area contributed by atoms with Crippen LogP contribution in [0.25, 0.3) is 5.65 Å². The number of halogens is 2. The number of fused-ring (bicyclic) bond motifs is 1. The Bertz CT molecular complexity index is 892. The van der Waals surface area contributed by atoms with Crippen LogP contribution in [0.5, 0.6) is 0 Å². The number of hydrogen-bond acceptors (Lipinski definition) is 3. The first-order valence-electron chi connectivity index (χ1n) is 8.23. The summed E-state index contributed by atoms with van der Waals surface area (Å²) in [7, 11) is 0. The van der Waals surface area contributed by atoms with Gasteiger partial charge in [-0.15, -0.1) is 34.2 Å². The molecule has 0 aliphatic heterocycles. The molecule has 0 aliphatic rings. The summed E-state index contributed by atoms with van der Waals surface area (Å²) >= 11 is 0. The highest BCUT2D eigenvalue weighted by molar-refractivity contribution is 14.0. The summed E-state index contributed by atoms with van der Waals surface area (Å²) in [6.45, 7) is 5.35. The summed E-state index contributed by atoms with van der Waals surface area (Å²) in [5, 5.41) is 14.7. The first-order valence-corrected chi connectivity index (χ1v) is 8.23. The first-order chi connectivity index (χ1) is 12.2. The van der Waals surface area contributed by atoms with E-state index in [1.54, 1.807) is 13.0 Å². The van der Waals surface area contributed by atoms with E-state index >= 15 is 0 Å². The molecule has 0 fully saturated rings. The highest BCUT2D eigenvalue weighted by Crippen LogP contribution is 2.10. The van der Waals surface area contributed by atoms with E-state index in [0.717, 1.165) is 23.6 Å². The zero-order valence-corrected chi connectivity index (χ0v) is 17.1. The van der Waals surface area contributed by atoms with Crippen LogP contribution < -0.4 is 10.6 Å². The molecule has 138 valence electrons. The van der Waals surface area contributed by atoms with Gasteiger partial charge in [0.25, 0.3) is 0 Å². The number of benzene rings is 1. The maximum atomic E-state index is 13.6. The first kappa shape index (κ1) is 20.1. The largest absolute Gasteiger partial charge is 0.357 e. The lowest BCUT2D eigenvalue weighted by Crippen LogP contribution is -2.37. The Morgan fingerprint density at radius 3 is 2.81 bits per heavy atom. The summed E-state index contributed by atoms with van der Waals surface area (Å²) < 4.78 is 15.6. The Morgan fingerprint density at radius 2 is 2.04 bits per heavy atom. The third-order valence-corrected chi connectivity index (χ3v) is 3.80. The van der Waals surface area contributed by atoms with Crippen molar-refractivity contribution in [2.24, 2.45) is 4.99 Å². The van der Waals surface area contributed by atoms with E-state index in [9.17, 15) is 4.39 Å². The molecule has 2 aromatic heterocycles. The number of guanidine groups is 1. The number of aromatic nitrogens is 3. The number of pyridine rings is 1. The summed E-state index contributed by atoms with van der Waals surface area (Å²) in [5.41, 5.74) is 2.26. The fraction of sp³-hybridized carbons (Fsp3) is 0.278. The molecule has 3 rings (SSSR count).